The molecule has 0 aliphatic carbocycles. The van der Waals surface area contributed by atoms with E-state index < -0.39 is 41.6 Å². The molecule has 0 radical (unpaired) electrons. The predicted octanol–water partition coefficient (Wildman–Crippen LogP) is 4.86. The molecule has 188 valence electrons. The number of fused-ring (bicyclic) bond motifs is 3. The predicted molar refractivity (Wildman–Crippen MR) is 139 cm³/mol. The first-order chi connectivity index (χ1) is 18.4. The maximum Gasteiger partial charge on any atom is 0.240 e. The van der Waals surface area contributed by atoms with Crippen LogP contribution >= 0.6 is 11.6 Å². The van der Waals surface area contributed by atoms with Crippen molar-refractivity contribution >= 4 is 40.7 Å². The highest BCUT2D eigenvalue weighted by atomic mass is 35.5. The van der Waals surface area contributed by atoms with Crippen LogP contribution in [-0.2, 0) is 9.59 Å². The fraction of sp³-hybridized carbons (Fsp3) is 0.133. The van der Waals surface area contributed by atoms with Crippen LogP contribution in [0.25, 0.3) is 0 Å². The first kappa shape index (κ1) is 24.0. The van der Waals surface area contributed by atoms with Gasteiger partial charge in [-0.25, -0.2) is 9.29 Å². The van der Waals surface area contributed by atoms with Crippen LogP contribution in [0.2, 0.25) is 5.02 Å². The number of allylic oxidation sites excluding steroid dienone is 2. The number of anilines is 1. The summed E-state index contributed by atoms with van der Waals surface area (Å²) in [5, 5.41) is 0.450. The van der Waals surface area contributed by atoms with Gasteiger partial charge in [-0.1, -0.05) is 60.1 Å². The third kappa shape index (κ3) is 3.70. The second-order valence-corrected chi connectivity index (χ2v) is 9.84. The molecule has 8 heteroatoms. The molecule has 0 bridgehead atoms. The van der Waals surface area contributed by atoms with Gasteiger partial charge < -0.3 is 4.90 Å². The molecule has 2 amide bonds. The normalized spacial score (nSPS) is 23.8. The number of carbonyl (C=O) groups is 4. The van der Waals surface area contributed by atoms with E-state index in [4.69, 9.17) is 11.6 Å². The molecule has 0 N–H and O–H groups in total. The van der Waals surface area contributed by atoms with E-state index in [1.807, 2.05) is 0 Å². The summed E-state index contributed by atoms with van der Waals surface area (Å²) < 4.78 is 14.7. The lowest BCUT2D eigenvalue weighted by Crippen LogP contribution is -2.46. The number of benzene rings is 3. The zero-order chi connectivity index (χ0) is 26.6. The second kappa shape index (κ2) is 9.19. The van der Waals surface area contributed by atoms with E-state index in [2.05, 4.69) is 0 Å². The summed E-state index contributed by atoms with van der Waals surface area (Å²) in [6, 6.07) is 18.8. The summed E-state index contributed by atoms with van der Waals surface area (Å²) in [7, 11) is 0. The molecule has 3 aromatic rings. The summed E-state index contributed by atoms with van der Waals surface area (Å²) in [5.74, 6) is -4.63. The fourth-order valence-corrected chi connectivity index (χ4v) is 5.74. The van der Waals surface area contributed by atoms with Crippen molar-refractivity contribution in [2.45, 2.75) is 12.1 Å². The summed E-state index contributed by atoms with van der Waals surface area (Å²) >= 11 is 6.00. The standard InChI is InChI=1S/C30H20ClFN2O4/c31-20-12-10-18(11-13-20)28(36)26-25-24(29(37)34(30(25)38)22-9-5-4-8-21(22)32)23-16-19(14-15-33(23)26)27(35)17-6-2-1-3-7-17/h1-16,23-26H. The van der Waals surface area contributed by atoms with Crippen LogP contribution in [0.5, 0.6) is 0 Å². The van der Waals surface area contributed by atoms with Gasteiger partial charge in [0, 0.05) is 27.9 Å². The Labute approximate surface area is 222 Å². The summed E-state index contributed by atoms with van der Waals surface area (Å²) in [4.78, 5) is 57.0. The Hall–Kier alpha value is -4.36. The average Bonchev–Trinajstić information content (AvgIpc) is 3.41. The van der Waals surface area contributed by atoms with Gasteiger partial charge in [0.2, 0.25) is 11.8 Å². The molecular formula is C30H20ClFN2O4. The van der Waals surface area contributed by atoms with Crippen LogP contribution in [0.4, 0.5) is 10.1 Å². The van der Waals surface area contributed by atoms with Crippen LogP contribution in [-0.4, -0.2) is 40.4 Å². The SMILES string of the molecule is O=C(C1=CC2C3C(=O)N(c4ccccc4F)C(=O)C3C(C(=O)c3ccc(Cl)cc3)N2C=C1)c1ccccc1. The van der Waals surface area contributed by atoms with Crippen molar-refractivity contribution in [3.8, 4) is 0 Å². The number of amides is 2. The number of rotatable bonds is 5. The third-order valence-electron chi connectivity index (χ3n) is 7.34. The minimum atomic E-state index is -1.07. The average molecular weight is 527 g/mol. The van der Waals surface area contributed by atoms with Gasteiger partial charge in [-0.15, -0.1) is 0 Å². The van der Waals surface area contributed by atoms with Crippen molar-refractivity contribution in [2.24, 2.45) is 11.8 Å². The summed E-state index contributed by atoms with van der Waals surface area (Å²) in [5.41, 5.74) is 0.992. The first-order valence-corrected chi connectivity index (χ1v) is 12.4. The minimum absolute atomic E-state index is 0.156. The highest BCUT2D eigenvalue weighted by molar-refractivity contribution is 6.30. The number of nitrogens with zero attached hydrogens (tertiary/aromatic N) is 2. The number of para-hydroxylation sites is 1. The molecule has 2 fully saturated rings. The van der Waals surface area contributed by atoms with Gasteiger partial charge in [0.15, 0.2) is 11.6 Å². The molecule has 3 aromatic carbocycles. The minimum Gasteiger partial charge on any atom is -0.359 e. The second-order valence-electron chi connectivity index (χ2n) is 9.40. The van der Waals surface area contributed by atoms with E-state index in [1.54, 1.807) is 77.8 Å². The molecule has 3 heterocycles. The smallest absolute Gasteiger partial charge is 0.240 e. The molecule has 2 saturated heterocycles. The Balaban J connectivity index is 1.44. The van der Waals surface area contributed by atoms with E-state index in [9.17, 15) is 23.6 Å². The molecule has 3 aliphatic heterocycles. The summed E-state index contributed by atoms with van der Waals surface area (Å²) in [6.45, 7) is 0. The molecule has 0 aromatic heterocycles. The largest absolute Gasteiger partial charge is 0.359 e. The lowest BCUT2D eigenvalue weighted by molar-refractivity contribution is -0.123. The maximum absolute atomic E-state index is 14.7. The summed E-state index contributed by atoms with van der Waals surface area (Å²) in [6.07, 6.45) is 4.84. The van der Waals surface area contributed by atoms with E-state index >= 15 is 0 Å². The lowest BCUT2D eigenvalue weighted by Gasteiger charge is -2.32. The topological polar surface area (TPSA) is 74.8 Å². The molecule has 0 saturated carbocycles. The van der Waals surface area contributed by atoms with Crippen LogP contribution in [0.1, 0.15) is 20.7 Å². The van der Waals surface area contributed by atoms with Crippen molar-refractivity contribution in [3.05, 3.63) is 125 Å². The van der Waals surface area contributed by atoms with Crippen LogP contribution < -0.4 is 4.90 Å². The Morgan fingerprint density at radius 3 is 2.16 bits per heavy atom. The number of imide groups is 1. The van der Waals surface area contributed by atoms with E-state index in [1.165, 1.54) is 24.3 Å². The first-order valence-electron chi connectivity index (χ1n) is 12.1. The van der Waals surface area contributed by atoms with E-state index in [0.717, 1.165) is 4.90 Å². The van der Waals surface area contributed by atoms with Crippen molar-refractivity contribution in [1.82, 2.24) is 4.90 Å². The van der Waals surface area contributed by atoms with Crippen LogP contribution in [0.3, 0.4) is 0 Å². The Bertz CT molecular complexity index is 1550. The monoisotopic (exact) mass is 526 g/mol. The van der Waals surface area contributed by atoms with Crippen molar-refractivity contribution in [3.63, 3.8) is 0 Å². The van der Waals surface area contributed by atoms with Gasteiger partial charge >= 0.3 is 0 Å². The van der Waals surface area contributed by atoms with Crippen LogP contribution in [0, 0.1) is 17.7 Å². The van der Waals surface area contributed by atoms with Crippen molar-refractivity contribution in [1.29, 1.82) is 0 Å². The quantitative estimate of drug-likeness (QED) is 0.351. The Kier molecular flexibility index (Phi) is 5.80. The van der Waals surface area contributed by atoms with E-state index in [0.29, 0.717) is 21.7 Å². The molecule has 38 heavy (non-hydrogen) atoms. The molecule has 6 rings (SSSR count). The van der Waals surface area contributed by atoms with E-state index in [-0.39, 0.29) is 17.3 Å². The highest BCUT2D eigenvalue weighted by Crippen LogP contribution is 2.47. The molecule has 4 unspecified atom stereocenters. The van der Waals surface area contributed by atoms with Gasteiger partial charge in [-0.05, 0) is 42.5 Å². The van der Waals surface area contributed by atoms with Gasteiger partial charge in [0.25, 0.3) is 0 Å². The Morgan fingerprint density at radius 2 is 1.45 bits per heavy atom. The number of hydrogen-bond acceptors (Lipinski definition) is 5. The molecule has 6 nitrogen and oxygen atoms in total. The van der Waals surface area contributed by atoms with Crippen molar-refractivity contribution in [2.75, 3.05) is 4.90 Å². The number of Topliss-reactive ketones (excluding diaryl/α,β-unsaturated/α-hetero) is 2. The molecule has 4 atom stereocenters. The zero-order valence-corrected chi connectivity index (χ0v) is 20.6. The van der Waals surface area contributed by atoms with Gasteiger partial charge in [-0.2, -0.15) is 0 Å². The molecular weight excluding hydrogens is 507 g/mol. The number of carbonyl (C=O) groups excluding carboxylic acids is 4. The Morgan fingerprint density at radius 1 is 0.789 bits per heavy atom. The van der Waals surface area contributed by atoms with Gasteiger partial charge in [0.1, 0.15) is 11.9 Å². The highest BCUT2D eigenvalue weighted by Gasteiger charge is 2.63. The lowest BCUT2D eigenvalue weighted by atomic mass is 9.85. The number of hydrogen-bond donors (Lipinski definition) is 0. The number of halogens is 2. The number of ketones is 2. The van der Waals surface area contributed by atoms with Crippen LogP contribution in [0.15, 0.2) is 103 Å². The maximum atomic E-state index is 14.7. The third-order valence-corrected chi connectivity index (χ3v) is 7.59. The molecule has 0 spiro atoms. The van der Waals surface area contributed by atoms with Gasteiger partial charge in [-0.3, -0.25) is 19.2 Å². The zero-order valence-electron chi connectivity index (χ0n) is 19.8. The molecule has 3 aliphatic rings. The fourth-order valence-electron chi connectivity index (χ4n) is 5.61. The van der Waals surface area contributed by atoms with Gasteiger partial charge in [0.05, 0.1) is 23.6 Å². The van der Waals surface area contributed by atoms with Crippen molar-refractivity contribution < 1.29 is 23.6 Å².